The Labute approximate surface area is 373 Å². The lowest BCUT2D eigenvalue weighted by Crippen LogP contribution is -2.06. The first kappa shape index (κ1) is 35.8. The summed E-state index contributed by atoms with van der Waals surface area (Å²) in [6, 6.07) is 78.9. The zero-order valence-corrected chi connectivity index (χ0v) is 35.1. The molecule has 4 nitrogen and oxygen atoms in total. The summed E-state index contributed by atoms with van der Waals surface area (Å²) in [7, 11) is 0. The van der Waals surface area contributed by atoms with E-state index in [0.717, 1.165) is 44.1 Å². The van der Waals surface area contributed by atoms with Gasteiger partial charge in [-0.25, -0.2) is 4.98 Å². The molecule has 4 heteroatoms. The van der Waals surface area contributed by atoms with Crippen LogP contribution in [0.5, 0.6) is 0 Å². The number of rotatable bonds is 5. The van der Waals surface area contributed by atoms with Crippen LogP contribution in [0.15, 0.2) is 218 Å². The molecule has 14 aromatic rings. The van der Waals surface area contributed by atoms with E-state index in [-0.39, 0.29) is 0 Å². The first-order valence-corrected chi connectivity index (χ1v) is 22.2. The Morgan fingerprint density at radius 2 is 0.692 bits per heavy atom. The Hall–Kier alpha value is -8.73. The molecule has 65 heavy (non-hydrogen) atoms. The fraction of sp³-hybridized carbons (Fsp3) is 0. The van der Waals surface area contributed by atoms with Gasteiger partial charge in [0.05, 0.1) is 11.0 Å². The van der Waals surface area contributed by atoms with Crippen molar-refractivity contribution in [1.82, 2.24) is 19.5 Å². The molecule has 0 unspecified atom stereocenters. The average molecular weight is 825 g/mol. The molecular formula is C61H36N4. The van der Waals surface area contributed by atoms with Gasteiger partial charge >= 0.3 is 0 Å². The maximum absolute atomic E-state index is 5.22. The predicted octanol–water partition coefficient (Wildman–Crippen LogP) is 16.0. The first-order chi connectivity index (χ1) is 32.2. The Kier molecular flexibility index (Phi) is 7.65. The van der Waals surface area contributed by atoms with Crippen molar-refractivity contribution in [3.8, 4) is 51.0 Å². The lowest BCUT2D eigenvalue weighted by atomic mass is 9.86. The molecule has 0 atom stereocenters. The fourth-order valence-electron chi connectivity index (χ4n) is 10.6. The van der Waals surface area contributed by atoms with Gasteiger partial charge in [0.2, 0.25) is 5.95 Å². The van der Waals surface area contributed by atoms with Gasteiger partial charge in [-0.3, -0.25) is 4.57 Å². The van der Waals surface area contributed by atoms with E-state index >= 15 is 0 Å². The summed E-state index contributed by atoms with van der Waals surface area (Å²) in [5, 5.41) is 17.7. The number of nitrogens with zero attached hydrogens (tertiary/aromatic N) is 4. The standard InChI is InChI=1S/C61H36N4/c1-2-12-42(13-3-1)59-62-60(64-61(63-59)65-53-24-6-4-19-47(53)48-20-5-7-25-54(48)65)45-18-8-17-43(34-45)37-26-28-38(29-27-37)46-35-44-33-32-41-15-10-22-50-49-21-9-14-39-30-31-40-16-11-23-51(57(40)55(39)49)52(36-46)58(44)56(41)50/h1-36H. The van der Waals surface area contributed by atoms with Crippen molar-refractivity contribution in [3.63, 3.8) is 0 Å². The zero-order valence-electron chi connectivity index (χ0n) is 35.1. The van der Waals surface area contributed by atoms with E-state index < -0.39 is 0 Å². The van der Waals surface area contributed by atoms with Crippen LogP contribution in [0.4, 0.5) is 0 Å². The van der Waals surface area contributed by atoms with Crippen LogP contribution in [0.3, 0.4) is 0 Å². The van der Waals surface area contributed by atoms with Crippen molar-refractivity contribution >= 4 is 86.4 Å². The fourth-order valence-corrected chi connectivity index (χ4v) is 10.6. The van der Waals surface area contributed by atoms with Crippen LogP contribution in [-0.2, 0) is 0 Å². The molecule has 0 spiro atoms. The summed E-state index contributed by atoms with van der Waals surface area (Å²) in [4.78, 5) is 15.5. The molecule has 0 radical (unpaired) electrons. The smallest absolute Gasteiger partial charge is 0.238 e. The maximum Gasteiger partial charge on any atom is 0.238 e. The van der Waals surface area contributed by atoms with Crippen molar-refractivity contribution in [1.29, 1.82) is 0 Å². The monoisotopic (exact) mass is 824 g/mol. The predicted molar refractivity (Wildman–Crippen MR) is 272 cm³/mol. The van der Waals surface area contributed by atoms with Crippen molar-refractivity contribution in [2.24, 2.45) is 0 Å². The SMILES string of the molecule is c1ccc(-c2nc(-c3cccc(-c4ccc(-c5cc6ccc7cccc8c9cccc%10ccc%11cccc(c(c5)c6c78)c%11c%109)cc4)c3)nc(-n3c4ccccc4c4ccccc43)n2)cc1. The summed E-state index contributed by atoms with van der Waals surface area (Å²) in [5.74, 6) is 1.84. The van der Waals surface area contributed by atoms with E-state index in [0.29, 0.717) is 17.6 Å². The van der Waals surface area contributed by atoms with E-state index in [1.165, 1.54) is 75.8 Å². The molecule has 14 rings (SSSR count). The van der Waals surface area contributed by atoms with E-state index in [2.05, 4.69) is 205 Å². The number of fused-ring (bicyclic) bond motifs is 5. The van der Waals surface area contributed by atoms with Crippen molar-refractivity contribution in [2.45, 2.75) is 0 Å². The minimum atomic E-state index is 0.586. The molecule has 2 heterocycles. The summed E-state index contributed by atoms with van der Waals surface area (Å²) >= 11 is 0. The molecule has 0 aliphatic heterocycles. The van der Waals surface area contributed by atoms with Crippen LogP contribution in [0.25, 0.3) is 137 Å². The minimum Gasteiger partial charge on any atom is -0.278 e. The lowest BCUT2D eigenvalue weighted by molar-refractivity contribution is 0.953. The molecule has 0 fully saturated rings. The topological polar surface area (TPSA) is 43.6 Å². The average Bonchev–Trinajstić information content (AvgIpc) is 3.72. The van der Waals surface area contributed by atoms with Crippen LogP contribution >= 0.6 is 0 Å². The molecule has 0 N–H and O–H groups in total. The highest BCUT2D eigenvalue weighted by atomic mass is 15.2. The van der Waals surface area contributed by atoms with Gasteiger partial charge in [-0.1, -0.05) is 188 Å². The van der Waals surface area contributed by atoms with Gasteiger partial charge in [0.1, 0.15) is 0 Å². The van der Waals surface area contributed by atoms with Crippen molar-refractivity contribution < 1.29 is 0 Å². The van der Waals surface area contributed by atoms with Crippen LogP contribution in [0, 0.1) is 0 Å². The van der Waals surface area contributed by atoms with Crippen LogP contribution in [0.2, 0.25) is 0 Å². The van der Waals surface area contributed by atoms with Gasteiger partial charge in [0, 0.05) is 21.9 Å². The largest absolute Gasteiger partial charge is 0.278 e. The van der Waals surface area contributed by atoms with Gasteiger partial charge < -0.3 is 0 Å². The highest BCUT2D eigenvalue weighted by Crippen LogP contribution is 2.45. The molecule has 0 saturated heterocycles. The Bertz CT molecular complexity index is 4170. The third-order valence-electron chi connectivity index (χ3n) is 13.5. The normalized spacial score (nSPS) is 12.0. The molecule has 0 bridgehead atoms. The third kappa shape index (κ3) is 5.47. The number of benzene rings is 11. The first-order valence-electron chi connectivity index (χ1n) is 22.2. The van der Waals surface area contributed by atoms with Gasteiger partial charge in [0.25, 0.3) is 0 Å². The zero-order chi connectivity index (χ0) is 42.6. The Morgan fingerprint density at radius 1 is 0.246 bits per heavy atom. The van der Waals surface area contributed by atoms with Crippen LogP contribution in [-0.4, -0.2) is 19.5 Å². The maximum atomic E-state index is 5.22. The van der Waals surface area contributed by atoms with Gasteiger partial charge in [0.15, 0.2) is 11.6 Å². The highest BCUT2D eigenvalue weighted by molar-refractivity contribution is 6.37. The van der Waals surface area contributed by atoms with Crippen molar-refractivity contribution in [2.75, 3.05) is 0 Å². The Morgan fingerprint density at radius 3 is 1.31 bits per heavy atom. The van der Waals surface area contributed by atoms with E-state index in [9.17, 15) is 0 Å². The molecule has 300 valence electrons. The number of aromatic nitrogens is 4. The quantitative estimate of drug-likeness (QED) is 0.162. The van der Waals surface area contributed by atoms with Crippen molar-refractivity contribution in [3.05, 3.63) is 218 Å². The van der Waals surface area contributed by atoms with E-state index in [4.69, 9.17) is 15.0 Å². The second kappa shape index (κ2) is 13.9. The summed E-state index contributed by atoms with van der Waals surface area (Å²) < 4.78 is 2.16. The molecule has 0 aliphatic carbocycles. The number of para-hydroxylation sites is 2. The summed E-state index contributed by atoms with van der Waals surface area (Å²) in [6.45, 7) is 0. The van der Waals surface area contributed by atoms with E-state index in [1.54, 1.807) is 0 Å². The molecule has 0 amide bonds. The molecule has 12 aromatic carbocycles. The van der Waals surface area contributed by atoms with Crippen LogP contribution < -0.4 is 0 Å². The van der Waals surface area contributed by atoms with Gasteiger partial charge in [-0.2, -0.15) is 9.97 Å². The van der Waals surface area contributed by atoms with Gasteiger partial charge in [-0.05, 0) is 117 Å². The summed E-state index contributed by atoms with van der Waals surface area (Å²) in [5.41, 5.74) is 8.54. The molecular weight excluding hydrogens is 789 g/mol. The molecule has 0 saturated carbocycles. The number of hydrogen-bond donors (Lipinski definition) is 0. The Balaban J connectivity index is 0.912. The molecule has 0 aliphatic rings. The molecule has 2 aromatic heterocycles. The lowest BCUT2D eigenvalue weighted by Gasteiger charge is -2.17. The second-order valence-electron chi connectivity index (χ2n) is 17.1. The van der Waals surface area contributed by atoms with Crippen LogP contribution in [0.1, 0.15) is 0 Å². The second-order valence-corrected chi connectivity index (χ2v) is 17.1. The summed E-state index contributed by atoms with van der Waals surface area (Å²) in [6.07, 6.45) is 0. The van der Waals surface area contributed by atoms with E-state index in [1.807, 2.05) is 18.2 Å². The minimum absolute atomic E-state index is 0.586. The highest BCUT2D eigenvalue weighted by Gasteiger charge is 2.19. The van der Waals surface area contributed by atoms with Gasteiger partial charge in [-0.15, -0.1) is 0 Å². The third-order valence-corrected chi connectivity index (χ3v) is 13.5. The number of hydrogen-bond acceptors (Lipinski definition) is 3.